The van der Waals surface area contributed by atoms with Gasteiger partial charge in [-0.1, -0.05) is 44.7 Å². The average Bonchev–Trinajstić information content (AvgIpc) is 2.34. The summed E-state index contributed by atoms with van der Waals surface area (Å²) in [6.07, 6.45) is 0.745. The number of aliphatic hydroxyl groups excluding tert-OH is 1. The van der Waals surface area contributed by atoms with Crippen LogP contribution in [0.1, 0.15) is 50.2 Å². The quantitative estimate of drug-likeness (QED) is 0.722. The number of hydrogen-bond donors (Lipinski definition) is 1. The van der Waals surface area contributed by atoms with Gasteiger partial charge in [0.05, 0.1) is 11.7 Å². The highest BCUT2D eigenvalue weighted by Gasteiger charge is 2.29. The third kappa shape index (κ3) is 6.10. The third-order valence-electron chi connectivity index (χ3n) is 3.14. The second-order valence-corrected chi connectivity index (χ2v) is 4.90. The van der Waals surface area contributed by atoms with E-state index < -0.39 is 17.8 Å². The Labute approximate surface area is 112 Å². The van der Waals surface area contributed by atoms with Crippen LogP contribution < -0.4 is 0 Å². The zero-order chi connectivity index (χ0) is 14.3. The summed E-state index contributed by atoms with van der Waals surface area (Å²) in [6.45, 7) is 2.12. The molecule has 1 aromatic carbocycles. The molecular weight excluding hydrogens is 253 g/mol. The van der Waals surface area contributed by atoms with E-state index in [4.69, 9.17) is 0 Å². The van der Waals surface area contributed by atoms with Gasteiger partial charge in [-0.25, -0.2) is 0 Å². The molecule has 1 unspecified atom stereocenters. The standard InChI is InChI=1S/C15H21F3O/c1-2-3-4-5-6-14(19)11-12-7-9-13(10-8-12)15(16,17)18/h7-10,14,19H,2-6,11H2,1H3. The molecule has 1 nitrogen and oxygen atoms in total. The van der Waals surface area contributed by atoms with E-state index >= 15 is 0 Å². The predicted molar refractivity (Wildman–Crippen MR) is 69.9 cm³/mol. The van der Waals surface area contributed by atoms with Gasteiger partial charge in [0.1, 0.15) is 0 Å². The Balaban J connectivity index is 2.40. The van der Waals surface area contributed by atoms with Gasteiger partial charge >= 0.3 is 6.18 Å². The Morgan fingerprint density at radius 1 is 1.05 bits per heavy atom. The summed E-state index contributed by atoms with van der Waals surface area (Å²) in [7, 11) is 0. The molecule has 1 rings (SSSR count). The molecule has 0 aromatic heterocycles. The topological polar surface area (TPSA) is 20.2 Å². The van der Waals surface area contributed by atoms with Crippen LogP contribution in [0.15, 0.2) is 24.3 Å². The summed E-state index contributed by atoms with van der Waals surface area (Å²) < 4.78 is 37.1. The summed E-state index contributed by atoms with van der Waals surface area (Å²) >= 11 is 0. The van der Waals surface area contributed by atoms with E-state index in [0.29, 0.717) is 12.8 Å². The largest absolute Gasteiger partial charge is 0.416 e. The van der Waals surface area contributed by atoms with Crippen molar-refractivity contribution in [3.05, 3.63) is 35.4 Å². The molecule has 0 spiro atoms. The van der Waals surface area contributed by atoms with Crippen LogP contribution >= 0.6 is 0 Å². The van der Waals surface area contributed by atoms with Crippen LogP contribution in [0, 0.1) is 0 Å². The molecule has 1 atom stereocenters. The van der Waals surface area contributed by atoms with Gasteiger partial charge in [-0.05, 0) is 30.5 Å². The Morgan fingerprint density at radius 3 is 2.21 bits per heavy atom. The van der Waals surface area contributed by atoms with Crippen molar-refractivity contribution in [2.45, 2.75) is 57.7 Å². The molecule has 1 N–H and O–H groups in total. The molecule has 0 heterocycles. The van der Waals surface area contributed by atoms with Gasteiger partial charge in [-0.2, -0.15) is 13.2 Å². The maximum Gasteiger partial charge on any atom is 0.416 e. The molecule has 19 heavy (non-hydrogen) atoms. The first kappa shape index (κ1) is 16.0. The van der Waals surface area contributed by atoms with E-state index in [1.165, 1.54) is 12.1 Å². The molecule has 1 aromatic rings. The number of benzene rings is 1. The maximum atomic E-state index is 12.4. The average molecular weight is 274 g/mol. The van der Waals surface area contributed by atoms with Gasteiger partial charge in [0.25, 0.3) is 0 Å². The minimum atomic E-state index is -4.29. The molecule has 0 amide bonds. The van der Waals surface area contributed by atoms with Crippen molar-refractivity contribution >= 4 is 0 Å². The molecule has 0 aliphatic rings. The minimum absolute atomic E-state index is 0.421. The van der Waals surface area contributed by atoms with Crippen molar-refractivity contribution in [3.63, 3.8) is 0 Å². The fourth-order valence-corrected chi connectivity index (χ4v) is 2.01. The Morgan fingerprint density at radius 2 is 1.68 bits per heavy atom. The van der Waals surface area contributed by atoms with Crippen LogP contribution in [-0.2, 0) is 12.6 Å². The molecule has 0 fully saturated rings. The third-order valence-corrected chi connectivity index (χ3v) is 3.14. The summed E-state index contributed by atoms with van der Waals surface area (Å²) in [5.41, 5.74) is 0.102. The summed E-state index contributed by atoms with van der Waals surface area (Å²) in [5, 5.41) is 9.81. The van der Waals surface area contributed by atoms with Crippen molar-refractivity contribution < 1.29 is 18.3 Å². The maximum absolute atomic E-state index is 12.4. The number of rotatable bonds is 7. The number of aliphatic hydroxyl groups is 1. The second kappa shape index (κ2) is 7.53. The minimum Gasteiger partial charge on any atom is -0.393 e. The number of unbranched alkanes of at least 4 members (excludes halogenated alkanes) is 3. The van der Waals surface area contributed by atoms with Crippen LogP contribution in [0.2, 0.25) is 0 Å². The van der Waals surface area contributed by atoms with Crippen LogP contribution in [0.25, 0.3) is 0 Å². The lowest BCUT2D eigenvalue weighted by Gasteiger charge is -2.11. The Bertz CT molecular complexity index is 357. The van der Waals surface area contributed by atoms with Crippen LogP contribution in [0.5, 0.6) is 0 Å². The predicted octanol–water partition coefficient (Wildman–Crippen LogP) is 4.58. The lowest BCUT2D eigenvalue weighted by molar-refractivity contribution is -0.137. The van der Waals surface area contributed by atoms with Gasteiger partial charge in [0.15, 0.2) is 0 Å². The van der Waals surface area contributed by atoms with Crippen molar-refractivity contribution in [1.82, 2.24) is 0 Å². The van der Waals surface area contributed by atoms with Gasteiger partial charge in [0, 0.05) is 0 Å². The lowest BCUT2D eigenvalue weighted by Crippen LogP contribution is -2.11. The first-order chi connectivity index (χ1) is 8.93. The molecule has 0 saturated heterocycles. The van der Waals surface area contributed by atoms with E-state index in [1.807, 2.05) is 0 Å². The van der Waals surface area contributed by atoms with Crippen molar-refractivity contribution in [3.8, 4) is 0 Å². The van der Waals surface area contributed by atoms with Crippen LogP contribution in [0.3, 0.4) is 0 Å². The molecule has 0 aliphatic carbocycles. The Kier molecular flexibility index (Phi) is 6.35. The van der Waals surface area contributed by atoms with Gasteiger partial charge in [-0.3, -0.25) is 0 Å². The SMILES string of the molecule is CCCCCCC(O)Cc1ccc(C(F)(F)F)cc1. The first-order valence-corrected chi connectivity index (χ1v) is 6.77. The smallest absolute Gasteiger partial charge is 0.393 e. The van der Waals surface area contributed by atoms with E-state index in [0.717, 1.165) is 43.4 Å². The monoisotopic (exact) mass is 274 g/mol. The molecule has 0 bridgehead atoms. The van der Waals surface area contributed by atoms with Crippen molar-refractivity contribution in [2.75, 3.05) is 0 Å². The van der Waals surface area contributed by atoms with Gasteiger partial charge in [-0.15, -0.1) is 0 Å². The highest BCUT2D eigenvalue weighted by atomic mass is 19.4. The fourth-order valence-electron chi connectivity index (χ4n) is 2.01. The first-order valence-electron chi connectivity index (χ1n) is 6.77. The highest BCUT2D eigenvalue weighted by Crippen LogP contribution is 2.29. The normalized spacial score (nSPS) is 13.5. The number of alkyl halides is 3. The van der Waals surface area contributed by atoms with Crippen molar-refractivity contribution in [2.24, 2.45) is 0 Å². The molecule has 4 heteroatoms. The zero-order valence-electron chi connectivity index (χ0n) is 11.2. The highest BCUT2D eigenvalue weighted by molar-refractivity contribution is 5.25. The molecule has 0 saturated carbocycles. The summed E-state index contributed by atoms with van der Waals surface area (Å²) in [5.74, 6) is 0. The fraction of sp³-hybridized carbons (Fsp3) is 0.600. The second-order valence-electron chi connectivity index (χ2n) is 4.90. The van der Waals surface area contributed by atoms with Crippen molar-refractivity contribution in [1.29, 1.82) is 0 Å². The van der Waals surface area contributed by atoms with Crippen LogP contribution in [0.4, 0.5) is 13.2 Å². The van der Waals surface area contributed by atoms with Gasteiger partial charge in [0.2, 0.25) is 0 Å². The number of hydrogen-bond acceptors (Lipinski definition) is 1. The van der Waals surface area contributed by atoms with E-state index in [-0.39, 0.29) is 0 Å². The lowest BCUT2D eigenvalue weighted by atomic mass is 10.0. The number of halogens is 3. The zero-order valence-corrected chi connectivity index (χ0v) is 11.2. The van der Waals surface area contributed by atoms with Crippen LogP contribution in [-0.4, -0.2) is 11.2 Å². The molecule has 108 valence electrons. The molecular formula is C15H21F3O. The summed E-state index contributed by atoms with van der Waals surface area (Å²) in [4.78, 5) is 0. The van der Waals surface area contributed by atoms with E-state index in [2.05, 4.69) is 6.92 Å². The molecule has 0 radical (unpaired) electrons. The Hall–Kier alpha value is -1.03. The van der Waals surface area contributed by atoms with E-state index in [1.54, 1.807) is 0 Å². The van der Waals surface area contributed by atoms with E-state index in [9.17, 15) is 18.3 Å². The van der Waals surface area contributed by atoms with Gasteiger partial charge < -0.3 is 5.11 Å². The summed E-state index contributed by atoms with van der Waals surface area (Å²) in [6, 6.07) is 5.02. The molecule has 0 aliphatic heterocycles.